The monoisotopic (exact) mass is 278 g/mol. The topological polar surface area (TPSA) is 72.2 Å². The predicted octanol–water partition coefficient (Wildman–Crippen LogP) is 1.12. The van der Waals surface area contributed by atoms with E-state index < -0.39 is 21.7 Å². The third kappa shape index (κ3) is 5.07. The van der Waals surface area contributed by atoms with Gasteiger partial charge < -0.3 is 5.73 Å². The highest BCUT2D eigenvalue weighted by molar-refractivity contribution is 7.89. The van der Waals surface area contributed by atoms with Crippen LogP contribution in [0.2, 0.25) is 0 Å². The van der Waals surface area contributed by atoms with Gasteiger partial charge in [-0.3, -0.25) is 0 Å². The lowest BCUT2D eigenvalue weighted by Crippen LogP contribution is -2.26. The number of unbranched alkanes of at least 4 members (excludes halogenated alkanes) is 1. The van der Waals surface area contributed by atoms with Gasteiger partial charge in [0.15, 0.2) is 11.6 Å². The zero-order valence-electron chi connectivity index (χ0n) is 9.83. The number of sulfonamides is 1. The first-order valence-corrected chi connectivity index (χ1v) is 7.21. The van der Waals surface area contributed by atoms with Crippen LogP contribution in [0.15, 0.2) is 18.2 Å². The van der Waals surface area contributed by atoms with E-state index in [1.807, 2.05) is 0 Å². The van der Waals surface area contributed by atoms with Gasteiger partial charge in [-0.25, -0.2) is 21.9 Å². The van der Waals surface area contributed by atoms with Crippen molar-refractivity contribution in [1.29, 1.82) is 0 Å². The van der Waals surface area contributed by atoms with E-state index in [0.29, 0.717) is 24.9 Å². The molecule has 0 atom stereocenters. The van der Waals surface area contributed by atoms with Gasteiger partial charge in [-0.1, -0.05) is 6.07 Å². The maximum atomic E-state index is 12.9. The first kappa shape index (κ1) is 15.0. The Morgan fingerprint density at radius 3 is 2.50 bits per heavy atom. The third-order valence-electron chi connectivity index (χ3n) is 2.35. The van der Waals surface area contributed by atoms with Crippen molar-refractivity contribution in [1.82, 2.24) is 4.72 Å². The number of hydrogen-bond acceptors (Lipinski definition) is 3. The molecule has 0 heterocycles. The molecule has 0 saturated heterocycles. The van der Waals surface area contributed by atoms with Crippen molar-refractivity contribution in [3.63, 3.8) is 0 Å². The van der Waals surface area contributed by atoms with Gasteiger partial charge in [-0.05, 0) is 37.1 Å². The predicted molar refractivity (Wildman–Crippen MR) is 65.3 cm³/mol. The Kier molecular flexibility index (Phi) is 5.64. The lowest BCUT2D eigenvalue weighted by Gasteiger charge is -2.06. The minimum absolute atomic E-state index is 0.0200. The van der Waals surface area contributed by atoms with Gasteiger partial charge in [0.2, 0.25) is 10.0 Å². The molecule has 3 N–H and O–H groups in total. The summed E-state index contributed by atoms with van der Waals surface area (Å²) in [7, 11) is -3.40. The number of hydrogen-bond donors (Lipinski definition) is 2. The molecule has 0 aliphatic rings. The number of halogens is 2. The number of rotatable bonds is 7. The van der Waals surface area contributed by atoms with Crippen LogP contribution in [0.1, 0.15) is 18.4 Å². The highest BCUT2D eigenvalue weighted by Gasteiger charge is 2.10. The van der Waals surface area contributed by atoms with Crippen molar-refractivity contribution < 1.29 is 17.2 Å². The fraction of sp³-hybridized carbons (Fsp3) is 0.455. The molecule has 0 fully saturated rings. The van der Waals surface area contributed by atoms with E-state index in [-0.39, 0.29) is 12.3 Å². The second-order valence-electron chi connectivity index (χ2n) is 3.88. The average Bonchev–Trinajstić information content (AvgIpc) is 2.31. The molecule has 0 radical (unpaired) electrons. The molecule has 0 aliphatic heterocycles. The van der Waals surface area contributed by atoms with E-state index >= 15 is 0 Å². The molecule has 0 aromatic heterocycles. The first-order valence-electron chi connectivity index (χ1n) is 5.56. The van der Waals surface area contributed by atoms with Gasteiger partial charge in [0.25, 0.3) is 0 Å². The highest BCUT2D eigenvalue weighted by atomic mass is 32.2. The Balaban J connectivity index is 2.51. The summed E-state index contributed by atoms with van der Waals surface area (Å²) < 4.78 is 50.9. The molecule has 1 aromatic carbocycles. The van der Waals surface area contributed by atoms with Crippen LogP contribution in [0.25, 0.3) is 0 Å². The van der Waals surface area contributed by atoms with Gasteiger partial charge in [0, 0.05) is 6.54 Å². The maximum absolute atomic E-state index is 12.9. The molecular formula is C11H16F2N2O2S. The number of benzene rings is 1. The molecule has 0 unspecified atom stereocenters. The van der Waals surface area contributed by atoms with Gasteiger partial charge in [0.1, 0.15) is 0 Å². The summed E-state index contributed by atoms with van der Waals surface area (Å²) in [5, 5.41) is 0. The Morgan fingerprint density at radius 2 is 1.89 bits per heavy atom. The zero-order valence-corrected chi connectivity index (χ0v) is 10.6. The highest BCUT2D eigenvalue weighted by Crippen LogP contribution is 2.08. The second kappa shape index (κ2) is 6.77. The van der Waals surface area contributed by atoms with Crippen molar-refractivity contribution in [2.75, 3.05) is 12.3 Å². The van der Waals surface area contributed by atoms with E-state index in [1.165, 1.54) is 6.07 Å². The second-order valence-corrected chi connectivity index (χ2v) is 5.81. The van der Waals surface area contributed by atoms with Gasteiger partial charge in [-0.15, -0.1) is 0 Å². The minimum atomic E-state index is -3.40. The normalized spacial score (nSPS) is 11.7. The summed E-state index contributed by atoms with van der Waals surface area (Å²) in [6, 6.07) is 3.27. The van der Waals surface area contributed by atoms with Crippen LogP contribution in [-0.4, -0.2) is 20.7 Å². The van der Waals surface area contributed by atoms with Crippen molar-refractivity contribution >= 4 is 10.0 Å². The SMILES string of the molecule is NCCCCS(=O)(=O)NCc1ccc(F)c(F)c1. The molecule has 18 heavy (non-hydrogen) atoms. The molecule has 0 amide bonds. The molecule has 1 aromatic rings. The maximum Gasteiger partial charge on any atom is 0.211 e. The van der Waals surface area contributed by atoms with Gasteiger partial charge in [-0.2, -0.15) is 0 Å². The molecule has 0 bridgehead atoms. The Bertz CT molecular complexity index is 492. The quantitative estimate of drug-likeness (QED) is 0.734. The number of nitrogens with one attached hydrogen (secondary N) is 1. The van der Waals surface area contributed by atoms with E-state index in [0.717, 1.165) is 12.1 Å². The van der Waals surface area contributed by atoms with E-state index in [4.69, 9.17) is 5.73 Å². The summed E-state index contributed by atoms with van der Waals surface area (Å²) in [6.45, 7) is 0.390. The van der Waals surface area contributed by atoms with Gasteiger partial charge >= 0.3 is 0 Å². The fourth-order valence-electron chi connectivity index (χ4n) is 1.35. The van der Waals surface area contributed by atoms with Crippen LogP contribution in [-0.2, 0) is 16.6 Å². The molecule has 7 heteroatoms. The fourth-order valence-corrected chi connectivity index (χ4v) is 2.47. The lowest BCUT2D eigenvalue weighted by atomic mass is 10.2. The van der Waals surface area contributed by atoms with Crippen LogP contribution in [0.3, 0.4) is 0 Å². The van der Waals surface area contributed by atoms with Crippen LogP contribution in [0, 0.1) is 11.6 Å². The Hall–Kier alpha value is -1.05. The standard InChI is InChI=1S/C11H16F2N2O2S/c12-10-4-3-9(7-11(10)13)8-15-18(16,17)6-2-1-5-14/h3-4,7,15H,1-2,5-6,8,14H2. The number of nitrogens with two attached hydrogens (primary N) is 1. The summed E-state index contributed by atoms with van der Waals surface area (Å²) in [6.07, 6.45) is 1.11. The lowest BCUT2D eigenvalue weighted by molar-refractivity contribution is 0.506. The van der Waals surface area contributed by atoms with Crippen LogP contribution < -0.4 is 10.5 Å². The van der Waals surface area contributed by atoms with Crippen LogP contribution in [0.5, 0.6) is 0 Å². The Labute approximate surface area is 105 Å². The van der Waals surface area contributed by atoms with E-state index in [2.05, 4.69) is 4.72 Å². The summed E-state index contributed by atoms with van der Waals surface area (Å²) in [5.74, 6) is -1.96. The summed E-state index contributed by atoms with van der Waals surface area (Å²) in [5.41, 5.74) is 5.63. The van der Waals surface area contributed by atoms with Crippen LogP contribution in [0.4, 0.5) is 8.78 Å². The third-order valence-corrected chi connectivity index (χ3v) is 3.76. The Morgan fingerprint density at radius 1 is 1.17 bits per heavy atom. The van der Waals surface area contributed by atoms with Crippen molar-refractivity contribution in [3.8, 4) is 0 Å². The average molecular weight is 278 g/mol. The van der Waals surface area contributed by atoms with E-state index in [1.54, 1.807) is 0 Å². The van der Waals surface area contributed by atoms with Gasteiger partial charge in [0.05, 0.1) is 5.75 Å². The van der Waals surface area contributed by atoms with E-state index in [9.17, 15) is 17.2 Å². The molecular weight excluding hydrogens is 262 g/mol. The molecule has 102 valence electrons. The minimum Gasteiger partial charge on any atom is -0.330 e. The summed E-state index contributed by atoms with van der Waals surface area (Å²) in [4.78, 5) is 0. The largest absolute Gasteiger partial charge is 0.330 e. The summed E-state index contributed by atoms with van der Waals surface area (Å²) >= 11 is 0. The van der Waals surface area contributed by atoms with Crippen molar-refractivity contribution in [3.05, 3.63) is 35.4 Å². The molecule has 1 rings (SSSR count). The molecule has 0 saturated carbocycles. The first-order chi connectivity index (χ1) is 8.44. The molecule has 0 spiro atoms. The smallest absolute Gasteiger partial charge is 0.211 e. The van der Waals surface area contributed by atoms with Crippen LogP contribution >= 0.6 is 0 Å². The van der Waals surface area contributed by atoms with Crippen molar-refractivity contribution in [2.24, 2.45) is 5.73 Å². The zero-order chi connectivity index (χ0) is 13.6. The molecule has 0 aliphatic carbocycles. The van der Waals surface area contributed by atoms with Crippen molar-refractivity contribution in [2.45, 2.75) is 19.4 Å². The molecule has 4 nitrogen and oxygen atoms in total.